The van der Waals surface area contributed by atoms with E-state index in [0.717, 1.165) is 47.3 Å². The second kappa shape index (κ2) is 7.47. The van der Waals surface area contributed by atoms with Gasteiger partial charge in [0.25, 0.3) is 0 Å². The third-order valence-corrected chi connectivity index (χ3v) is 5.53. The lowest BCUT2D eigenvalue weighted by Crippen LogP contribution is -2.27. The van der Waals surface area contributed by atoms with Crippen molar-refractivity contribution in [1.29, 1.82) is 0 Å². The number of anilines is 1. The Balaban J connectivity index is 0.000000980. The minimum atomic E-state index is 0. The Morgan fingerprint density at radius 2 is 1.65 bits per heavy atom. The Kier molecular flexibility index (Phi) is 5.47. The molecule has 4 heterocycles. The first kappa shape index (κ1) is 19.0. The smallest absolute Gasteiger partial charge is 0.133 e. The van der Waals surface area contributed by atoms with Gasteiger partial charge in [-0.3, -0.25) is 0 Å². The first-order valence-electron chi connectivity index (χ1n) is 8.63. The Bertz CT molecular complexity index is 866. The summed E-state index contributed by atoms with van der Waals surface area (Å²) < 4.78 is 5.41. The van der Waals surface area contributed by atoms with Crippen LogP contribution in [-0.2, 0) is 0 Å². The molecule has 0 aliphatic carbocycles. The minimum Gasteiger partial charge on any atom is -0.464 e. The maximum atomic E-state index is 5.41. The molecule has 5 rings (SSSR count). The molecule has 0 radical (unpaired) electrons. The molecule has 2 aliphatic rings. The van der Waals surface area contributed by atoms with E-state index in [4.69, 9.17) is 9.40 Å². The van der Waals surface area contributed by atoms with Crippen LogP contribution in [0.5, 0.6) is 0 Å². The summed E-state index contributed by atoms with van der Waals surface area (Å²) in [5.41, 5.74) is 3.26. The van der Waals surface area contributed by atoms with Crippen molar-refractivity contribution < 1.29 is 4.42 Å². The zero-order valence-corrected chi connectivity index (χ0v) is 16.3. The van der Waals surface area contributed by atoms with Gasteiger partial charge in [0.2, 0.25) is 0 Å². The van der Waals surface area contributed by atoms with E-state index in [-0.39, 0.29) is 24.8 Å². The molecule has 2 atom stereocenters. The zero-order valence-electron chi connectivity index (χ0n) is 14.7. The van der Waals surface area contributed by atoms with Crippen LogP contribution in [0.2, 0.25) is 0 Å². The average molecular weight is 392 g/mol. The van der Waals surface area contributed by atoms with Gasteiger partial charge in [-0.15, -0.1) is 24.8 Å². The molecule has 6 heteroatoms. The van der Waals surface area contributed by atoms with E-state index >= 15 is 0 Å². The second-order valence-corrected chi connectivity index (χ2v) is 7.22. The molecule has 2 aliphatic heterocycles. The highest BCUT2D eigenvalue weighted by Crippen LogP contribution is 2.33. The summed E-state index contributed by atoms with van der Waals surface area (Å²) in [5, 5.41) is 1.13. The van der Waals surface area contributed by atoms with Crippen molar-refractivity contribution in [3.63, 3.8) is 0 Å². The van der Waals surface area contributed by atoms with Crippen molar-refractivity contribution in [2.24, 2.45) is 11.8 Å². The highest BCUT2D eigenvalue weighted by atomic mass is 35.5. The van der Waals surface area contributed by atoms with E-state index in [1.807, 2.05) is 18.3 Å². The standard InChI is InChI=1S/C20H21N3O.2ClH/c1-22-10-17-12-23(13-18(17)11-22)20-5-3-16(9-21-20)14-2-4-19-15(8-14)6-7-24-19;;/h2-9,17-18H,10-13H2,1H3;2*1H. The second-order valence-electron chi connectivity index (χ2n) is 7.22. The van der Waals surface area contributed by atoms with Crippen LogP contribution in [0.3, 0.4) is 0 Å². The third-order valence-electron chi connectivity index (χ3n) is 5.53. The molecule has 2 unspecified atom stereocenters. The molecule has 0 amide bonds. The Morgan fingerprint density at radius 3 is 2.35 bits per heavy atom. The predicted molar refractivity (Wildman–Crippen MR) is 111 cm³/mol. The van der Waals surface area contributed by atoms with Gasteiger partial charge in [0, 0.05) is 43.3 Å². The van der Waals surface area contributed by atoms with Crippen molar-refractivity contribution >= 4 is 41.6 Å². The molecule has 138 valence electrons. The highest BCUT2D eigenvalue weighted by Gasteiger charge is 2.38. The van der Waals surface area contributed by atoms with Crippen LogP contribution < -0.4 is 4.90 Å². The summed E-state index contributed by atoms with van der Waals surface area (Å²) in [4.78, 5) is 9.64. The lowest BCUT2D eigenvalue weighted by Gasteiger charge is -2.20. The van der Waals surface area contributed by atoms with Crippen molar-refractivity contribution in [2.75, 3.05) is 38.1 Å². The molecule has 4 nitrogen and oxygen atoms in total. The van der Waals surface area contributed by atoms with Crippen LogP contribution in [-0.4, -0.2) is 43.1 Å². The summed E-state index contributed by atoms with van der Waals surface area (Å²) in [6, 6.07) is 12.6. The van der Waals surface area contributed by atoms with Gasteiger partial charge in [-0.2, -0.15) is 0 Å². The minimum absolute atomic E-state index is 0. The molecule has 0 saturated carbocycles. The fourth-order valence-electron chi connectivity index (χ4n) is 4.30. The van der Waals surface area contributed by atoms with Crippen molar-refractivity contribution in [1.82, 2.24) is 9.88 Å². The van der Waals surface area contributed by atoms with Gasteiger partial charge in [-0.25, -0.2) is 4.98 Å². The Hall–Kier alpha value is -1.75. The van der Waals surface area contributed by atoms with Crippen LogP contribution in [0.1, 0.15) is 0 Å². The number of hydrogen-bond acceptors (Lipinski definition) is 4. The van der Waals surface area contributed by atoms with E-state index in [2.05, 4.69) is 41.1 Å². The molecule has 0 N–H and O–H groups in total. The van der Waals surface area contributed by atoms with Crippen LogP contribution in [0, 0.1) is 11.8 Å². The molecule has 0 bridgehead atoms. The molecular weight excluding hydrogens is 369 g/mol. The molecule has 2 saturated heterocycles. The largest absolute Gasteiger partial charge is 0.464 e. The van der Waals surface area contributed by atoms with Gasteiger partial charge in [0.05, 0.1) is 6.26 Å². The lowest BCUT2D eigenvalue weighted by molar-refractivity contribution is 0.387. The fourth-order valence-corrected chi connectivity index (χ4v) is 4.30. The topological polar surface area (TPSA) is 32.5 Å². The first-order chi connectivity index (χ1) is 11.8. The van der Waals surface area contributed by atoms with Gasteiger partial charge in [0.1, 0.15) is 11.4 Å². The molecule has 3 aromatic rings. The number of pyridine rings is 1. The van der Waals surface area contributed by atoms with Crippen molar-refractivity contribution in [2.45, 2.75) is 0 Å². The lowest BCUT2D eigenvalue weighted by atomic mass is 10.0. The van der Waals surface area contributed by atoms with E-state index in [0.29, 0.717) is 0 Å². The number of fused-ring (bicyclic) bond motifs is 2. The summed E-state index contributed by atoms with van der Waals surface area (Å²) in [7, 11) is 2.23. The van der Waals surface area contributed by atoms with E-state index in [1.54, 1.807) is 6.26 Å². The number of furan rings is 1. The van der Waals surface area contributed by atoms with E-state index in [9.17, 15) is 0 Å². The van der Waals surface area contributed by atoms with Gasteiger partial charge in [0.15, 0.2) is 0 Å². The summed E-state index contributed by atoms with van der Waals surface area (Å²) >= 11 is 0. The molecule has 2 aromatic heterocycles. The van der Waals surface area contributed by atoms with Crippen molar-refractivity contribution in [3.05, 3.63) is 48.9 Å². The molecule has 1 aromatic carbocycles. The number of likely N-dealkylation sites (tertiary alicyclic amines) is 1. The normalized spacial score (nSPS) is 22.1. The SMILES string of the molecule is CN1CC2CN(c3ccc(-c4ccc5occc5c4)cn3)CC2C1.Cl.Cl. The van der Waals surface area contributed by atoms with Gasteiger partial charge >= 0.3 is 0 Å². The number of benzene rings is 1. The fraction of sp³-hybridized carbons (Fsp3) is 0.350. The predicted octanol–water partition coefficient (Wildman–Crippen LogP) is 4.34. The summed E-state index contributed by atoms with van der Waals surface area (Å²) in [6.45, 7) is 4.73. The molecule has 2 fully saturated rings. The quantitative estimate of drug-likeness (QED) is 0.650. The van der Waals surface area contributed by atoms with Gasteiger partial charge in [-0.05, 0) is 54.8 Å². The number of hydrogen-bond donors (Lipinski definition) is 0. The Labute approximate surface area is 166 Å². The molecular formula is C20H23Cl2N3O. The van der Waals surface area contributed by atoms with Crippen LogP contribution >= 0.6 is 24.8 Å². The molecule has 26 heavy (non-hydrogen) atoms. The van der Waals surface area contributed by atoms with Crippen molar-refractivity contribution in [3.8, 4) is 11.1 Å². The highest BCUT2D eigenvalue weighted by molar-refractivity contribution is 5.85. The number of nitrogens with zero attached hydrogens (tertiary/aromatic N) is 3. The van der Waals surface area contributed by atoms with Gasteiger partial charge in [-0.1, -0.05) is 6.07 Å². The van der Waals surface area contributed by atoms with Crippen LogP contribution in [0.25, 0.3) is 22.1 Å². The maximum Gasteiger partial charge on any atom is 0.133 e. The van der Waals surface area contributed by atoms with E-state index in [1.165, 1.54) is 18.7 Å². The summed E-state index contributed by atoms with van der Waals surface area (Å²) in [5.74, 6) is 2.72. The average Bonchev–Trinajstić information content (AvgIpc) is 3.28. The third kappa shape index (κ3) is 3.29. The monoisotopic (exact) mass is 391 g/mol. The summed E-state index contributed by atoms with van der Waals surface area (Å²) in [6.07, 6.45) is 3.73. The number of rotatable bonds is 2. The molecule has 0 spiro atoms. The van der Waals surface area contributed by atoms with Crippen LogP contribution in [0.15, 0.2) is 53.3 Å². The first-order valence-corrected chi connectivity index (χ1v) is 8.63. The van der Waals surface area contributed by atoms with Gasteiger partial charge < -0.3 is 14.2 Å². The maximum absolute atomic E-state index is 5.41. The number of aromatic nitrogens is 1. The van der Waals surface area contributed by atoms with Crippen LogP contribution in [0.4, 0.5) is 5.82 Å². The Morgan fingerprint density at radius 1 is 0.923 bits per heavy atom. The number of halogens is 2. The zero-order chi connectivity index (χ0) is 16.1. The van der Waals surface area contributed by atoms with E-state index < -0.39 is 0 Å².